The molecule has 0 fully saturated rings. The third-order valence-corrected chi connectivity index (χ3v) is 6.47. The van der Waals surface area contributed by atoms with Crippen LogP contribution in [0.4, 0.5) is 17.3 Å². The van der Waals surface area contributed by atoms with E-state index in [4.69, 9.17) is 10.7 Å². The SMILES string of the molecule is Cn1c(NCC(N)Cc2ccccc2)nc(-c2ccncc2)c(N2Cc3cccc([N+](=O)[O-])c3C2=O)c1=O. The van der Waals surface area contributed by atoms with Crippen LogP contribution in [0.2, 0.25) is 0 Å². The second kappa shape index (κ2) is 10.2. The zero-order valence-corrected chi connectivity index (χ0v) is 20.6. The van der Waals surface area contributed by atoms with E-state index in [1.165, 1.54) is 21.6 Å². The van der Waals surface area contributed by atoms with Crippen LogP contribution < -0.4 is 21.5 Å². The van der Waals surface area contributed by atoms with Gasteiger partial charge in [0.15, 0.2) is 0 Å². The summed E-state index contributed by atoms with van der Waals surface area (Å²) in [6, 6.07) is 17.4. The number of nitrogens with one attached hydrogen (secondary N) is 1. The highest BCUT2D eigenvalue weighted by Gasteiger charge is 2.38. The van der Waals surface area contributed by atoms with E-state index in [1.807, 2.05) is 30.3 Å². The van der Waals surface area contributed by atoms with E-state index in [0.717, 1.165) is 5.56 Å². The second-order valence-electron chi connectivity index (χ2n) is 9.02. The molecule has 0 radical (unpaired) electrons. The van der Waals surface area contributed by atoms with E-state index in [1.54, 1.807) is 37.6 Å². The molecule has 4 aromatic rings. The molecule has 11 heteroatoms. The summed E-state index contributed by atoms with van der Waals surface area (Å²) in [6.45, 7) is 0.365. The largest absolute Gasteiger partial charge is 0.354 e. The maximum absolute atomic E-state index is 13.7. The van der Waals surface area contributed by atoms with Crippen LogP contribution in [0.5, 0.6) is 0 Å². The predicted octanol–water partition coefficient (Wildman–Crippen LogP) is 2.89. The molecule has 0 saturated carbocycles. The summed E-state index contributed by atoms with van der Waals surface area (Å²) in [4.78, 5) is 48.2. The number of aromatic nitrogens is 3. The number of hydrogen-bond acceptors (Lipinski definition) is 8. The highest BCUT2D eigenvalue weighted by molar-refractivity contribution is 6.13. The lowest BCUT2D eigenvalue weighted by Crippen LogP contribution is -2.36. The van der Waals surface area contributed by atoms with Crippen molar-refractivity contribution in [1.29, 1.82) is 0 Å². The number of benzene rings is 2. The molecule has 1 aliphatic rings. The molecule has 0 saturated heterocycles. The third-order valence-electron chi connectivity index (χ3n) is 6.47. The van der Waals surface area contributed by atoms with Crippen LogP contribution in [0.1, 0.15) is 21.5 Å². The zero-order valence-electron chi connectivity index (χ0n) is 20.6. The van der Waals surface area contributed by atoms with Crippen molar-refractivity contribution in [3.63, 3.8) is 0 Å². The number of nitrogens with zero attached hydrogens (tertiary/aromatic N) is 5. The normalized spacial score (nSPS) is 13.3. The molecule has 2 aromatic carbocycles. The highest BCUT2D eigenvalue weighted by Crippen LogP contribution is 2.36. The molecule has 1 amide bonds. The minimum atomic E-state index is -0.618. The van der Waals surface area contributed by atoms with Crippen molar-refractivity contribution < 1.29 is 9.72 Å². The first-order valence-electron chi connectivity index (χ1n) is 12.0. The molecule has 2 aromatic heterocycles. The Morgan fingerprint density at radius 1 is 1.08 bits per heavy atom. The number of carbonyl (C=O) groups excluding carboxylic acids is 1. The molecule has 1 unspecified atom stereocenters. The van der Waals surface area contributed by atoms with Gasteiger partial charge in [0.1, 0.15) is 16.9 Å². The molecule has 1 atom stereocenters. The molecule has 0 aliphatic carbocycles. The van der Waals surface area contributed by atoms with Crippen molar-refractivity contribution in [2.45, 2.75) is 19.0 Å². The molecule has 0 spiro atoms. The van der Waals surface area contributed by atoms with E-state index in [9.17, 15) is 19.7 Å². The van der Waals surface area contributed by atoms with Gasteiger partial charge >= 0.3 is 0 Å². The summed E-state index contributed by atoms with van der Waals surface area (Å²) >= 11 is 0. The Kier molecular flexibility index (Phi) is 6.67. The number of pyridine rings is 1. The second-order valence-corrected chi connectivity index (χ2v) is 9.02. The Morgan fingerprint density at radius 2 is 1.82 bits per heavy atom. The zero-order chi connectivity index (χ0) is 26.8. The summed E-state index contributed by atoms with van der Waals surface area (Å²) in [7, 11) is 1.55. The average molecular weight is 512 g/mol. The van der Waals surface area contributed by atoms with Crippen molar-refractivity contribution >= 4 is 23.2 Å². The van der Waals surface area contributed by atoms with Crippen molar-refractivity contribution in [1.82, 2.24) is 14.5 Å². The fourth-order valence-electron chi connectivity index (χ4n) is 4.59. The fourth-order valence-corrected chi connectivity index (χ4v) is 4.59. The van der Waals surface area contributed by atoms with Gasteiger partial charge in [-0.15, -0.1) is 0 Å². The minimum absolute atomic E-state index is 0.0135. The first kappa shape index (κ1) is 24.8. The Balaban J connectivity index is 1.53. The number of rotatable bonds is 8. The summed E-state index contributed by atoms with van der Waals surface area (Å²) < 4.78 is 1.32. The molecule has 0 bridgehead atoms. The maximum Gasteiger partial charge on any atom is 0.282 e. The third kappa shape index (κ3) is 4.62. The van der Waals surface area contributed by atoms with E-state index in [0.29, 0.717) is 24.1 Å². The quantitative estimate of drug-likeness (QED) is 0.271. The van der Waals surface area contributed by atoms with E-state index >= 15 is 0 Å². The van der Waals surface area contributed by atoms with Gasteiger partial charge in [-0.1, -0.05) is 42.5 Å². The first-order valence-corrected chi connectivity index (χ1v) is 12.0. The van der Waals surface area contributed by atoms with Crippen LogP contribution in [0.3, 0.4) is 0 Å². The van der Waals surface area contributed by atoms with Crippen LogP contribution in [0, 0.1) is 10.1 Å². The molecular weight excluding hydrogens is 486 g/mol. The van der Waals surface area contributed by atoms with Gasteiger partial charge in [-0.05, 0) is 29.7 Å². The summed E-state index contributed by atoms with van der Waals surface area (Å²) in [6.07, 6.45) is 3.76. The summed E-state index contributed by atoms with van der Waals surface area (Å²) in [5.41, 5.74) is 7.98. The van der Waals surface area contributed by atoms with Gasteiger partial charge in [-0.2, -0.15) is 0 Å². The van der Waals surface area contributed by atoms with Gasteiger partial charge in [0.2, 0.25) is 5.95 Å². The summed E-state index contributed by atoms with van der Waals surface area (Å²) in [5.74, 6) is -0.337. The first-order chi connectivity index (χ1) is 18.3. The fraction of sp³-hybridized carbons (Fsp3) is 0.185. The number of amides is 1. The molecule has 11 nitrogen and oxygen atoms in total. The van der Waals surface area contributed by atoms with Crippen molar-refractivity contribution in [3.8, 4) is 11.3 Å². The van der Waals surface area contributed by atoms with E-state index < -0.39 is 16.4 Å². The smallest absolute Gasteiger partial charge is 0.282 e. The maximum atomic E-state index is 13.7. The molecule has 38 heavy (non-hydrogen) atoms. The van der Waals surface area contributed by atoms with Crippen LogP contribution in [0.25, 0.3) is 11.3 Å². The number of nitrogens with two attached hydrogens (primary N) is 1. The van der Waals surface area contributed by atoms with E-state index in [-0.39, 0.29) is 41.2 Å². The highest BCUT2D eigenvalue weighted by atomic mass is 16.6. The number of anilines is 2. The van der Waals surface area contributed by atoms with Gasteiger partial charge in [-0.25, -0.2) is 4.98 Å². The van der Waals surface area contributed by atoms with Crippen LogP contribution in [0.15, 0.2) is 77.9 Å². The van der Waals surface area contributed by atoms with Gasteiger partial charge in [0.05, 0.1) is 11.5 Å². The van der Waals surface area contributed by atoms with Gasteiger partial charge in [-0.3, -0.25) is 34.2 Å². The number of nitro benzene ring substituents is 1. The van der Waals surface area contributed by atoms with Gasteiger partial charge in [0.25, 0.3) is 17.2 Å². The van der Waals surface area contributed by atoms with Gasteiger partial charge in [0, 0.05) is 43.7 Å². The number of carbonyl (C=O) groups is 1. The van der Waals surface area contributed by atoms with Crippen molar-refractivity contribution in [3.05, 3.63) is 110 Å². The molecule has 3 heterocycles. The molecule has 5 rings (SSSR count). The summed E-state index contributed by atoms with van der Waals surface area (Å²) in [5, 5.41) is 14.7. The molecule has 3 N–H and O–H groups in total. The van der Waals surface area contributed by atoms with E-state index in [2.05, 4.69) is 10.3 Å². The monoisotopic (exact) mass is 511 g/mol. The topological polar surface area (TPSA) is 149 Å². The Morgan fingerprint density at radius 3 is 2.53 bits per heavy atom. The Labute approximate surface area is 217 Å². The van der Waals surface area contributed by atoms with Gasteiger partial charge < -0.3 is 11.1 Å². The lowest BCUT2D eigenvalue weighted by molar-refractivity contribution is -0.385. The average Bonchev–Trinajstić information content (AvgIpc) is 3.26. The number of fused-ring (bicyclic) bond motifs is 1. The molecule has 1 aliphatic heterocycles. The molecule has 192 valence electrons. The lowest BCUT2D eigenvalue weighted by atomic mass is 10.1. The Hall–Kier alpha value is -4.90. The number of nitro groups is 1. The molecular formula is C27H25N7O4. The lowest BCUT2D eigenvalue weighted by Gasteiger charge is -2.22. The van der Waals surface area contributed by atoms with Crippen LogP contribution >= 0.6 is 0 Å². The predicted molar refractivity (Wildman–Crippen MR) is 143 cm³/mol. The van der Waals surface area contributed by atoms with Crippen LogP contribution in [-0.2, 0) is 20.0 Å². The minimum Gasteiger partial charge on any atom is -0.354 e. The van der Waals surface area contributed by atoms with Crippen molar-refractivity contribution in [2.75, 3.05) is 16.8 Å². The Bertz CT molecular complexity index is 1570. The number of hydrogen-bond donors (Lipinski definition) is 2. The van der Waals surface area contributed by atoms with Crippen LogP contribution in [-0.4, -0.2) is 38.0 Å². The standard InChI is InChI=1S/C27H25N7O4/c1-32-26(36)24(33-16-19-8-5-9-21(34(37)38)22(19)25(33)35)23(18-10-12-29-13-11-18)31-27(32)30-15-20(28)14-17-6-3-2-4-7-17/h2-13,20H,14-16,28H2,1H3,(H,30,31). The van der Waals surface area contributed by atoms with Crippen molar-refractivity contribution in [2.24, 2.45) is 12.8 Å².